The molecule has 1 aromatic carbocycles. The number of carboxylic acids is 1. The summed E-state index contributed by atoms with van der Waals surface area (Å²) in [6.07, 6.45) is 0.834. The van der Waals surface area contributed by atoms with Crippen LogP contribution in [-0.2, 0) is 4.79 Å². The molecule has 0 aliphatic carbocycles. The van der Waals surface area contributed by atoms with Gasteiger partial charge in [0.25, 0.3) is 0 Å². The van der Waals surface area contributed by atoms with Gasteiger partial charge in [0.05, 0.1) is 5.92 Å². The van der Waals surface area contributed by atoms with E-state index in [0.717, 1.165) is 6.42 Å². The summed E-state index contributed by atoms with van der Waals surface area (Å²) >= 11 is 0. The molecule has 21 heavy (non-hydrogen) atoms. The Hall–Kier alpha value is -2.04. The number of hydrogen-bond donors (Lipinski definition) is 3. The molecule has 5 nitrogen and oxygen atoms in total. The number of hydrogen-bond acceptors (Lipinski definition) is 2. The Balaban J connectivity index is 2.29. The third kappa shape index (κ3) is 5.85. The molecule has 116 valence electrons. The molecule has 1 aromatic rings. The SMILES string of the molecule is CC(CCNC(=O)NC(C)C(C)C(=O)O)c1ccccc1. The summed E-state index contributed by atoms with van der Waals surface area (Å²) < 4.78 is 0. The fourth-order valence-electron chi connectivity index (χ4n) is 1.95. The Morgan fingerprint density at radius 3 is 2.33 bits per heavy atom. The van der Waals surface area contributed by atoms with Crippen molar-refractivity contribution in [2.24, 2.45) is 5.92 Å². The van der Waals surface area contributed by atoms with Gasteiger partial charge >= 0.3 is 12.0 Å². The highest BCUT2D eigenvalue weighted by molar-refractivity contribution is 5.76. The predicted molar refractivity (Wildman–Crippen MR) is 82.3 cm³/mol. The van der Waals surface area contributed by atoms with E-state index < -0.39 is 17.9 Å². The maximum absolute atomic E-state index is 11.7. The van der Waals surface area contributed by atoms with Gasteiger partial charge in [-0.25, -0.2) is 4.79 Å². The van der Waals surface area contributed by atoms with Crippen LogP contribution < -0.4 is 10.6 Å². The zero-order valence-corrected chi connectivity index (χ0v) is 12.8. The van der Waals surface area contributed by atoms with Crippen molar-refractivity contribution in [3.05, 3.63) is 35.9 Å². The Bertz CT molecular complexity index is 462. The van der Waals surface area contributed by atoms with Gasteiger partial charge in [0.15, 0.2) is 0 Å². The van der Waals surface area contributed by atoms with Crippen molar-refractivity contribution in [3.63, 3.8) is 0 Å². The van der Waals surface area contributed by atoms with Crippen molar-refractivity contribution >= 4 is 12.0 Å². The van der Waals surface area contributed by atoms with E-state index in [-0.39, 0.29) is 6.03 Å². The van der Waals surface area contributed by atoms with Gasteiger partial charge in [0.1, 0.15) is 0 Å². The van der Waals surface area contributed by atoms with Crippen molar-refractivity contribution in [1.29, 1.82) is 0 Å². The van der Waals surface area contributed by atoms with Gasteiger partial charge in [-0.15, -0.1) is 0 Å². The molecule has 0 radical (unpaired) electrons. The summed E-state index contributed by atoms with van der Waals surface area (Å²) in [6.45, 7) is 5.93. The third-order valence-electron chi connectivity index (χ3n) is 3.73. The lowest BCUT2D eigenvalue weighted by Gasteiger charge is -2.18. The van der Waals surface area contributed by atoms with Gasteiger partial charge in [-0.2, -0.15) is 0 Å². The Kier molecular flexibility index (Phi) is 6.72. The molecule has 3 unspecified atom stereocenters. The number of carbonyl (C=O) groups excluding carboxylic acids is 1. The molecule has 2 amide bonds. The van der Waals surface area contributed by atoms with Crippen molar-refractivity contribution in [2.45, 2.75) is 39.2 Å². The second-order valence-electron chi connectivity index (χ2n) is 5.42. The van der Waals surface area contributed by atoms with Crippen LogP contribution in [0.25, 0.3) is 0 Å². The van der Waals surface area contributed by atoms with Crippen LogP contribution in [0.2, 0.25) is 0 Å². The van der Waals surface area contributed by atoms with Crippen LogP contribution in [0.3, 0.4) is 0 Å². The lowest BCUT2D eigenvalue weighted by molar-refractivity contribution is -0.141. The van der Waals surface area contributed by atoms with Crippen LogP contribution in [0, 0.1) is 5.92 Å². The second-order valence-corrected chi connectivity index (χ2v) is 5.42. The Labute approximate surface area is 125 Å². The number of carbonyl (C=O) groups is 2. The van der Waals surface area contributed by atoms with Gasteiger partial charge < -0.3 is 15.7 Å². The predicted octanol–water partition coefficient (Wildman–Crippen LogP) is 2.59. The van der Waals surface area contributed by atoms with Crippen molar-refractivity contribution in [2.75, 3.05) is 6.54 Å². The van der Waals surface area contributed by atoms with Crippen LogP contribution in [0.1, 0.15) is 38.7 Å². The van der Waals surface area contributed by atoms with Crippen LogP contribution in [0.5, 0.6) is 0 Å². The molecule has 0 saturated carbocycles. The molecular weight excluding hydrogens is 268 g/mol. The quantitative estimate of drug-likeness (QED) is 0.722. The minimum atomic E-state index is -0.916. The van der Waals surface area contributed by atoms with E-state index in [1.165, 1.54) is 5.56 Å². The van der Waals surface area contributed by atoms with Crippen LogP contribution >= 0.6 is 0 Å². The molecule has 1 rings (SSSR count). The van der Waals surface area contributed by atoms with E-state index in [2.05, 4.69) is 29.7 Å². The second kappa shape index (κ2) is 8.29. The standard InChI is InChI=1S/C16H24N2O3/c1-11(14-7-5-4-6-8-14)9-10-17-16(21)18-13(3)12(2)15(19)20/h4-8,11-13H,9-10H2,1-3H3,(H,19,20)(H2,17,18,21). The summed E-state index contributed by atoms with van der Waals surface area (Å²) in [6, 6.07) is 9.39. The lowest BCUT2D eigenvalue weighted by atomic mass is 9.98. The first-order valence-electron chi connectivity index (χ1n) is 7.24. The lowest BCUT2D eigenvalue weighted by Crippen LogP contribution is -2.45. The van der Waals surface area contributed by atoms with E-state index in [1.807, 2.05) is 18.2 Å². The number of urea groups is 1. The molecule has 0 fully saturated rings. The fourth-order valence-corrected chi connectivity index (χ4v) is 1.95. The monoisotopic (exact) mass is 292 g/mol. The largest absolute Gasteiger partial charge is 0.481 e. The number of rotatable bonds is 7. The number of carboxylic acid groups (broad SMARTS) is 1. The maximum atomic E-state index is 11.7. The summed E-state index contributed by atoms with van der Waals surface area (Å²) in [7, 11) is 0. The van der Waals surface area contributed by atoms with Gasteiger partial charge in [-0.1, -0.05) is 37.3 Å². The number of amides is 2. The summed E-state index contributed by atoms with van der Waals surface area (Å²) in [5.74, 6) is -1.17. The van der Waals surface area contributed by atoms with E-state index in [0.29, 0.717) is 12.5 Å². The average molecular weight is 292 g/mol. The van der Waals surface area contributed by atoms with E-state index in [4.69, 9.17) is 5.11 Å². The minimum absolute atomic E-state index is 0.323. The minimum Gasteiger partial charge on any atom is -0.481 e. The fraction of sp³-hybridized carbons (Fsp3) is 0.500. The number of nitrogens with one attached hydrogen (secondary N) is 2. The molecule has 3 atom stereocenters. The number of benzene rings is 1. The summed E-state index contributed by atoms with van der Waals surface area (Å²) in [4.78, 5) is 22.5. The van der Waals surface area contributed by atoms with E-state index >= 15 is 0 Å². The number of aliphatic carboxylic acids is 1. The van der Waals surface area contributed by atoms with Gasteiger partial charge in [-0.05, 0) is 31.7 Å². The molecule has 0 saturated heterocycles. The molecule has 0 aliphatic heterocycles. The Morgan fingerprint density at radius 2 is 1.76 bits per heavy atom. The van der Waals surface area contributed by atoms with E-state index in [9.17, 15) is 9.59 Å². The molecule has 0 aromatic heterocycles. The highest BCUT2D eigenvalue weighted by Crippen LogP contribution is 2.17. The molecule has 0 bridgehead atoms. The smallest absolute Gasteiger partial charge is 0.315 e. The molecule has 0 heterocycles. The first-order chi connectivity index (χ1) is 9.91. The third-order valence-corrected chi connectivity index (χ3v) is 3.73. The molecule has 0 aliphatic rings. The van der Waals surface area contributed by atoms with Gasteiger partial charge in [0, 0.05) is 12.6 Å². The highest BCUT2D eigenvalue weighted by Gasteiger charge is 2.20. The van der Waals surface area contributed by atoms with Crippen LogP contribution in [0.15, 0.2) is 30.3 Å². The molecular formula is C16H24N2O3. The summed E-state index contributed by atoms with van der Waals surface area (Å²) in [5.41, 5.74) is 1.24. The van der Waals surface area contributed by atoms with Gasteiger partial charge in [0.2, 0.25) is 0 Å². The molecule has 5 heteroatoms. The molecule has 0 spiro atoms. The van der Waals surface area contributed by atoms with Crippen molar-refractivity contribution in [1.82, 2.24) is 10.6 Å². The van der Waals surface area contributed by atoms with Gasteiger partial charge in [-0.3, -0.25) is 4.79 Å². The topological polar surface area (TPSA) is 78.4 Å². The Morgan fingerprint density at radius 1 is 1.14 bits per heavy atom. The summed E-state index contributed by atoms with van der Waals surface area (Å²) in [5, 5.41) is 14.3. The first-order valence-corrected chi connectivity index (χ1v) is 7.24. The van der Waals surface area contributed by atoms with Crippen molar-refractivity contribution in [3.8, 4) is 0 Å². The zero-order valence-electron chi connectivity index (χ0n) is 12.8. The average Bonchev–Trinajstić information content (AvgIpc) is 2.46. The van der Waals surface area contributed by atoms with Crippen LogP contribution in [-0.4, -0.2) is 29.7 Å². The normalized spacial score (nSPS) is 14.8. The first kappa shape index (κ1) is 17.0. The van der Waals surface area contributed by atoms with E-state index in [1.54, 1.807) is 13.8 Å². The maximum Gasteiger partial charge on any atom is 0.315 e. The highest BCUT2D eigenvalue weighted by atomic mass is 16.4. The van der Waals surface area contributed by atoms with Crippen molar-refractivity contribution < 1.29 is 14.7 Å². The zero-order chi connectivity index (χ0) is 15.8. The van der Waals surface area contributed by atoms with Crippen LogP contribution in [0.4, 0.5) is 4.79 Å². The molecule has 3 N–H and O–H groups in total.